The summed E-state index contributed by atoms with van der Waals surface area (Å²) in [5, 5.41) is 7.42. The quantitative estimate of drug-likeness (QED) is 0.435. The number of methoxy groups -OCH3 is 1. The fourth-order valence-electron chi connectivity index (χ4n) is 2.80. The molecule has 31 heavy (non-hydrogen) atoms. The largest absolute Gasteiger partial charge is 0.497 e. The molecule has 4 aromatic rings. The van der Waals surface area contributed by atoms with Crippen LogP contribution < -0.4 is 14.8 Å². The number of rotatable bonds is 7. The van der Waals surface area contributed by atoms with Gasteiger partial charge in [0.1, 0.15) is 11.5 Å². The highest BCUT2D eigenvalue weighted by atomic mass is 35.5. The highest BCUT2D eigenvalue weighted by Gasteiger charge is 2.12. The van der Waals surface area contributed by atoms with Gasteiger partial charge in [-0.05, 0) is 60.7 Å². The first-order valence-electron chi connectivity index (χ1n) is 9.37. The molecule has 0 spiro atoms. The fourth-order valence-corrected chi connectivity index (χ4v) is 2.92. The Kier molecular flexibility index (Phi) is 6.14. The highest BCUT2D eigenvalue weighted by molar-refractivity contribution is 6.30. The van der Waals surface area contributed by atoms with Gasteiger partial charge in [-0.2, -0.15) is 4.98 Å². The van der Waals surface area contributed by atoms with Crippen LogP contribution >= 0.6 is 11.6 Å². The summed E-state index contributed by atoms with van der Waals surface area (Å²) >= 11 is 5.91. The van der Waals surface area contributed by atoms with Crippen molar-refractivity contribution in [3.63, 3.8) is 0 Å². The number of ether oxygens (including phenoxy) is 2. The number of carbonyl (C=O) groups excluding carboxylic acids is 1. The lowest BCUT2D eigenvalue weighted by molar-refractivity contribution is -0.118. The molecule has 0 aliphatic rings. The van der Waals surface area contributed by atoms with Crippen LogP contribution in [0, 0.1) is 0 Å². The molecule has 0 unspecified atom stereocenters. The summed E-state index contributed by atoms with van der Waals surface area (Å²) in [5.41, 5.74) is 2.13. The lowest BCUT2D eigenvalue weighted by atomic mass is 10.2. The number of benzene rings is 3. The molecule has 0 radical (unpaired) electrons. The number of carbonyl (C=O) groups is 1. The van der Waals surface area contributed by atoms with E-state index in [1.165, 1.54) is 0 Å². The molecule has 0 aliphatic carbocycles. The zero-order chi connectivity index (χ0) is 21.6. The average molecular weight is 436 g/mol. The Hall–Kier alpha value is -3.84. The van der Waals surface area contributed by atoms with Crippen LogP contribution in [0.5, 0.6) is 11.5 Å². The minimum absolute atomic E-state index is 0.141. The van der Waals surface area contributed by atoms with Gasteiger partial charge in [0.2, 0.25) is 5.82 Å². The Balaban J connectivity index is 1.39. The van der Waals surface area contributed by atoms with Gasteiger partial charge in [0.05, 0.1) is 7.11 Å². The number of amides is 1. The second-order valence-electron chi connectivity index (χ2n) is 6.52. The van der Waals surface area contributed by atoms with Gasteiger partial charge in [-0.15, -0.1) is 0 Å². The van der Waals surface area contributed by atoms with Gasteiger partial charge in [0, 0.05) is 21.8 Å². The van der Waals surface area contributed by atoms with Crippen molar-refractivity contribution in [2.75, 3.05) is 19.0 Å². The normalized spacial score (nSPS) is 10.5. The monoisotopic (exact) mass is 435 g/mol. The molecule has 1 N–H and O–H groups in total. The van der Waals surface area contributed by atoms with E-state index in [2.05, 4.69) is 15.5 Å². The van der Waals surface area contributed by atoms with E-state index in [0.29, 0.717) is 39.5 Å². The van der Waals surface area contributed by atoms with E-state index in [4.69, 9.17) is 25.6 Å². The van der Waals surface area contributed by atoms with Crippen molar-refractivity contribution >= 4 is 23.2 Å². The summed E-state index contributed by atoms with van der Waals surface area (Å²) in [5.74, 6) is 1.75. The predicted octanol–water partition coefficient (Wildman–Crippen LogP) is 5.08. The Bertz CT molecular complexity index is 1170. The van der Waals surface area contributed by atoms with E-state index < -0.39 is 0 Å². The summed E-state index contributed by atoms with van der Waals surface area (Å²) in [6.45, 7) is -0.141. The van der Waals surface area contributed by atoms with Gasteiger partial charge in [-0.3, -0.25) is 4.79 Å². The number of hydrogen-bond donors (Lipinski definition) is 1. The minimum Gasteiger partial charge on any atom is -0.497 e. The van der Waals surface area contributed by atoms with Gasteiger partial charge in [-0.25, -0.2) is 0 Å². The van der Waals surface area contributed by atoms with Gasteiger partial charge >= 0.3 is 0 Å². The lowest BCUT2D eigenvalue weighted by Crippen LogP contribution is -2.20. The number of nitrogens with zero attached hydrogens (tertiary/aromatic N) is 2. The maximum absolute atomic E-state index is 12.2. The average Bonchev–Trinajstić information content (AvgIpc) is 3.29. The van der Waals surface area contributed by atoms with Crippen molar-refractivity contribution in [1.82, 2.24) is 10.1 Å². The Labute approximate surface area is 183 Å². The van der Waals surface area contributed by atoms with Crippen LogP contribution in [0.15, 0.2) is 77.3 Å². The number of nitrogens with one attached hydrogen (secondary N) is 1. The van der Waals surface area contributed by atoms with E-state index in [1.54, 1.807) is 73.8 Å². The van der Waals surface area contributed by atoms with Crippen molar-refractivity contribution in [3.8, 4) is 34.3 Å². The van der Waals surface area contributed by atoms with Crippen LogP contribution in [0.25, 0.3) is 22.8 Å². The molecule has 0 bridgehead atoms. The standard InChI is InChI=1S/C23H18ClN3O4/c1-29-19-11-9-18(10-12-19)25-21(28)14-30-20-4-2-3-16(13-20)22-26-23(31-27-22)15-5-7-17(24)8-6-15/h2-13H,14H2,1H3,(H,25,28). The van der Waals surface area contributed by atoms with Crippen molar-refractivity contribution < 1.29 is 18.8 Å². The molecular weight excluding hydrogens is 418 g/mol. The molecule has 1 heterocycles. The summed E-state index contributed by atoms with van der Waals surface area (Å²) in [6, 6.07) is 21.3. The maximum Gasteiger partial charge on any atom is 0.262 e. The van der Waals surface area contributed by atoms with Crippen LogP contribution in [0.2, 0.25) is 5.02 Å². The predicted molar refractivity (Wildman–Crippen MR) is 117 cm³/mol. The number of aromatic nitrogens is 2. The first-order valence-corrected chi connectivity index (χ1v) is 9.75. The summed E-state index contributed by atoms with van der Waals surface area (Å²) in [6.07, 6.45) is 0. The van der Waals surface area contributed by atoms with Gasteiger partial charge in [0.15, 0.2) is 6.61 Å². The van der Waals surface area contributed by atoms with Crippen LogP contribution in [0.4, 0.5) is 5.69 Å². The fraction of sp³-hybridized carbons (Fsp3) is 0.0870. The molecule has 8 heteroatoms. The van der Waals surface area contributed by atoms with Crippen LogP contribution in [-0.2, 0) is 4.79 Å². The minimum atomic E-state index is -0.278. The van der Waals surface area contributed by atoms with E-state index in [-0.39, 0.29) is 12.5 Å². The Morgan fingerprint density at radius 2 is 1.77 bits per heavy atom. The smallest absolute Gasteiger partial charge is 0.262 e. The third kappa shape index (κ3) is 5.21. The lowest BCUT2D eigenvalue weighted by Gasteiger charge is -2.08. The Morgan fingerprint density at radius 3 is 2.52 bits per heavy atom. The van der Waals surface area contributed by atoms with Crippen LogP contribution in [0.1, 0.15) is 0 Å². The zero-order valence-electron chi connectivity index (χ0n) is 16.5. The van der Waals surface area contributed by atoms with Crippen molar-refractivity contribution in [2.45, 2.75) is 0 Å². The topological polar surface area (TPSA) is 86.5 Å². The van der Waals surface area contributed by atoms with Crippen LogP contribution in [-0.4, -0.2) is 29.8 Å². The molecule has 1 amide bonds. The second-order valence-corrected chi connectivity index (χ2v) is 6.96. The molecule has 0 saturated heterocycles. The number of anilines is 1. The Morgan fingerprint density at radius 1 is 1.00 bits per heavy atom. The number of hydrogen-bond acceptors (Lipinski definition) is 6. The van der Waals surface area contributed by atoms with Crippen LogP contribution in [0.3, 0.4) is 0 Å². The first kappa shape index (κ1) is 20.4. The first-order chi connectivity index (χ1) is 15.1. The molecule has 0 atom stereocenters. The molecule has 156 valence electrons. The van der Waals surface area contributed by atoms with Crippen molar-refractivity contribution in [2.24, 2.45) is 0 Å². The molecular formula is C23H18ClN3O4. The summed E-state index contributed by atoms with van der Waals surface area (Å²) < 4.78 is 16.1. The summed E-state index contributed by atoms with van der Waals surface area (Å²) in [4.78, 5) is 16.6. The summed E-state index contributed by atoms with van der Waals surface area (Å²) in [7, 11) is 1.59. The SMILES string of the molecule is COc1ccc(NC(=O)COc2cccc(-c3noc(-c4ccc(Cl)cc4)n3)c2)cc1. The van der Waals surface area contributed by atoms with Gasteiger partial charge < -0.3 is 19.3 Å². The van der Waals surface area contributed by atoms with Gasteiger partial charge in [0.25, 0.3) is 11.8 Å². The van der Waals surface area contributed by atoms with Crippen molar-refractivity contribution in [3.05, 3.63) is 77.8 Å². The molecule has 3 aromatic carbocycles. The second kappa shape index (κ2) is 9.32. The zero-order valence-corrected chi connectivity index (χ0v) is 17.3. The number of halogens is 1. The molecule has 0 aliphatic heterocycles. The third-order valence-electron chi connectivity index (χ3n) is 4.35. The molecule has 0 fully saturated rings. The highest BCUT2D eigenvalue weighted by Crippen LogP contribution is 2.25. The molecule has 0 saturated carbocycles. The van der Waals surface area contributed by atoms with E-state index in [1.807, 2.05) is 6.07 Å². The van der Waals surface area contributed by atoms with E-state index >= 15 is 0 Å². The van der Waals surface area contributed by atoms with E-state index in [0.717, 1.165) is 5.56 Å². The molecule has 4 rings (SSSR count). The molecule has 7 nitrogen and oxygen atoms in total. The van der Waals surface area contributed by atoms with Crippen molar-refractivity contribution in [1.29, 1.82) is 0 Å². The van der Waals surface area contributed by atoms with Gasteiger partial charge in [-0.1, -0.05) is 28.9 Å². The van der Waals surface area contributed by atoms with E-state index in [9.17, 15) is 4.79 Å². The molecule has 1 aromatic heterocycles. The third-order valence-corrected chi connectivity index (χ3v) is 4.61. The maximum atomic E-state index is 12.2.